The molecular formula is C21H22BrClN2O3. The normalized spacial score (nSPS) is 23.3. The Hall–Kier alpha value is -1.76. The fourth-order valence-electron chi connectivity index (χ4n) is 4.33. The molecule has 1 atom stereocenters. The zero-order chi connectivity index (χ0) is 18.4. The Bertz CT molecular complexity index is 918. The largest absolute Gasteiger partial charge is 1.00 e. The van der Waals surface area contributed by atoms with Crippen LogP contribution in [0.4, 0.5) is 5.69 Å². The van der Waals surface area contributed by atoms with Crippen molar-refractivity contribution in [2.24, 2.45) is 0 Å². The quantitative estimate of drug-likeness (QED) is 0.664. The van der Waals surface area contributed by atoms with Crippen LogP contribution in [0.15, 0.2) is 42.5 Å². The van der Waals surface area contributed by atoms with E-state index >= 15 is 0 Å². The van der Waals surface area contributed by atoms with E-state index in [4.69, 9.17) is 21.1 Å². The highest BCUT2D eigenvalue weighted by Gasteiger charge is 2.52. The molecule has 3 aliphatic heterocycles. The van der Waals surface area contributed by atoms with E-state index in [1.165, 1.54) is 12.3 Å². The molecule has 3 heterocycles. The van der Waals surface area contributed by atoms with Crippen LogP contribution in [0.25, 0.3) is 0 Å². The number of ether oxygens (including phenoxy) is 2. The average Bonchev–Trinajstić information content (AvgIpc) is 3.15. The second-order valence-electron chi connectivity index (χ2n) is 7.33. The number of anilines is 1. The van der Waals surface area contributed by atoms with Gasteiger partial charge in [0.05, 0.1) is 6.54 Å². The lowest BCUT2D eigenvalue weighted by Gasteiger charge is -2.23. The van der Waals surface area contributed by atoms with Crippen molar-refractivity contribution in [3.05, 3.63) is 53.1 Å². The number of hydrogen-bond donors (Lipinski definition) is 1. The summed E-state index contributed by atoms with van der Waals surface area (Å²) in [5, 5.41) is 12.4. The molecule has 2 aromatic rings. The molecule has 0 aromatic heterocycles. The Balaban J connectivity index is 0.00000192. The van der Waals surface area contributed by atoms with Crippen molar-refractivity contribution in [3.63, 3.8) is 0 Å². The van der Waals surface area contributed by atoms with Gasteiger partial charge in [-0.3, -0.25) is 0 Å². The van der Waals surface area contributed by atoms with E-state index in [0.29, 0.717) is 11.6 Å². The second kappa shape index (κ2) is 7.58. The molecule has 5 rings (SSSR count). The van der Waals surface area contributed by atoms with Crippen molar-refractivity contribution < 1.29 is 36.1 Å². The lowest BCUT2D eigenvalue weighted by atomic mass is 10.0. The summed E-state index contributed by atoms with van der Waals surface area (Å²) in [7, 11) is 0. The average molecular weight is 466 g/mol. The summed E-state index contributed by atoms with van der Waals surface area (Å²) in [6, 6.07) is 13.5. The molecule has 0 aliphatic carbocycles. The van der Waals surface area contributed by atoms with Crippen LogP contribution in [0.3, 0.4) is 0 Å². The molecule has 28 heavy (non-hydrogen) atoms. The molecule has 1 N–H and O–H groups in total. The van der Waals surface area contributed by atoms with Crippen molar-refractivity contribution in [2.75, 3.05) is 24.8 Å². The van der Waals surface area contributed by atoms with Gasteiger partial charge in [0.1, 0.15) is 5.69 Å². The van der Waals surface area contributed by atoms with Gasteiger partial charge in [-0.1, -0.05) is 23.7 Å². The van der Waals surface area contributed by atoms with E-state index in [9.17, 15) is 5.11 Å². The summed E-state index contributed by atoms with van der Waals surface area (Å²) in [5.41, 5.74) is 0.821. The van der Waals surface area contributed by atoms with Crippen LogP contribution in [0, 0.1) is 0 Å². The van der Waals surface area contributed by atoms with Crippen LogP contribution in [0.2, 0.25) is 5.02 Å². The first-order valence-electron chi connectivity index (χ1n) is 9.44. The standard InChI is InChI=1S/C21H22ClN2O3.BrH/c22-16-7-5-15(6-8-16)21(25)13-23(20-4-2-1-3-11-24(20)21)17-9-10-18-19(12-17)27-14-26-18;/h5-10,12,25H,1-4,11,13-14H2;1H/q+1;/p-1. The molecule has 3 aliphatic rings. The molecule has 0 fully saturated rings. The Morgan fingerprint density at radius 3 is 2.61 bits per heavy atom. The maximum absolute atomic E-state index is 11.8. The first kappa shape index (κ1) is 19.6. The summed E-state index contributed by atoms with van der Waals surface area (Å²) in [6.45, 7) is 1.58. The fourth-order valence-corrected chi connectivity index (χ4v) is 4.45. The van der Waals surface area contributed by atoms with Gasteiger partial charge in [-0.15, -0.1) is 0 Å². The molecule has 0 bridgehead atoms. The number of halogens is 2. The SMILES string of the molecule is OC1(c2ccc(Cl)cc2)CN(c2ccc3c(c2)OCO3)C2=[N+]1CCCCC2.[Br-]. The van der Waals surface area contributed by atoms with E-state index < -0.39 is 5.72 Å². The van der Waals surface area contributed by atoms with Crippen LogP contribution in [0.1, 0.15) is 31.2 Å². The number of amidine groups is 1. The number of hydrogen-bond acceptors (Lipinski definition) is 4. The van der Waals surface area contributed by atoms with Crippen molar-refractivity contribution in [1.29, 1.82) is 0 Å². The van der Waals surface area contributed by atoms with Crippen LogP contribution in [-0.2, 0) is 5.72 Å². The molecule has 0 saturated heterocycles. The van der Waals surface area contributed by atoms with Gasteiger partial charge >= 0.3 is 0 Å². The highest BCUT2D eigenvalue weighted by atomic mass is 79.9. The number of benzene rings is 2. The molecule has 1 unspecified atom stereocenters. The number of β-amino-alcohol motifs (C(OH)–C–C–N with tert-alkyl or cyclic N) is 1. The van der Waals surface area contributed by atoms with Crippen molar-refractivity contribution >= 4 is 23.1 Å². The minimum absolute atomic E-state index is 0. The van der Waals surface area contributed by atoms with Gasteiger partial charge in [-0.25, -0.2) is 9.48 Å². The third-order valence-electron chi connectivity index (χ3n) is 5.70. The van der Waals surface area contributed by atoms with Gasteiger partial charge < -0.3 is 31.6 Å². The lowest BCUT2D eigenvalue weighted by molar-refractivity contribution is -0.658. The fraction of sp³-hybridized carbons (Fsp3) is 0.381. The van der Waals surface area contributed by atoms with Gasteiger partial charge in [0, 0.05) is 23.1 Å². The van der Waals surface area contributed by atoms with Gasteiger partial charge in [0.15, 0.2) is 18.0 Å². The van der Waals surface area contributed by atoms with Crippen molar-refractivity contribution in [1.82, 2.24) is 0 Å². The van der Waals surface area contributed by atoms with E-state index in [2.05, 4.69) is 9.48 Å². The second-order valence-corrected chi connectivity index (χ2v) is 7.76. The summed E-state index contributed by atoms with van der Waals surface area (Å²) in [4.78, 5) is 2.22. The predicted octanol–water partition coefficient (Wildman–Crippen LogP) is 0.723. The third-order valence-corrected chi connectivity index (χ3v) is 5.96. The topological polar surface area (TPSA) is 44.9 Å². The summed E-state index contributed by atoms with van der Waals surface area (Å²) < 4.78 is 13.2. The van der Waals surface area contributed by atoms with Crippen LogP contribution >= 0.6 is 11.6 Å². The molecule has 2 aromatic carbocycles. The van der Waals surface area contributed by atoms with Gasteiger partial charge in [-0.2, -0.15) is 0 Å². The smallest absolute Gasteiger partial charge is 0.271 e. The first-order chi connectivity index (χ1) is 13.1. The van der Waals surface area contributed by atoms with E-state index in [0.717, 1.165) is 48.6 Å². The maximum atomic E-state index is 11.8. The van der Waals surface area contributed by atoms with Crippen molar-refractivity contribution in [3.8, 4) is 11.5 Å². The molecule has 7 heteroatoms. The minimum Gasteiger partial charge on any atom is -1.00 e. The molecule has 0 saturated carbocycles. The van der Waals surface area contributed by atoms with Crippen molar-refractivity contribution in [2.45, 2.75) is 31.4 Å². The number of fused-ring (bicyclic) bond motifs is 1. The van der Waals surface area contributed by atoms with Gasteiger partial charge in [-0.05, 0) is 43.5 Å². The molecule has 0 spiro atoms. The molecular weight excluding hydrogens is 444 g/mol. The number of rotatable bonds is 2. The lowest BCUT2D eigenvalue weighted by Crippen LogP contribution is -3.00. The molecule has 148 valence electrons. The zero-order valence-corrected chi connectivity index (χ0v) is 17.7. The van der Waals surface area contributed by atoms with Crippen LogP contribution < -0.4 is 31.4 Å². The molecule has 5 nitrogen and oxygen atoms in total. The zero-order valence-electron chi connectivity index (χ0n) is 15.4. The van der Waals surface area contributed by atoms with E-state index in [1.807, 2.05) is 42.5 Å². The predicted molar refractivity (Wildman–Crippen MR) is 104 cm³/mol. The monoisotopic (exact) mass is 464 g/mol. The maximum Gasteiger partial charge on any atom is 0.271 e. The van der Waals surface area contributed by atoms with Crippen LogP contribution in [0.5, 0.6) is 11.5 Å². The van der Waals surface area contributed by atoms with Gasteiger partial charge in [0.25, 0.3) is 11.6 Å². The Morgan fingerprint density at radius 2 is 1.79 bits per heavy atom. The minimum atomic E-state index is -1.07. The molecule has 0 amide bonds. The molecule has 0 radical (unpaired) electrons. The van der Waals surface area contributed by atoms with Crippen LogP contribution in [-0.4, -0.2) is 35.4 Å². The number of aliphatic hydroxyl groups is 1. The Kier molecular flexibility index (Phi) is 5.29. The summed E-state index contributed by atoms with van der Waals surface area (Å²) in [5.74, 6) is 2.70. The Morgan fingerprint density at radius 1 is 1.00 bits per heavy atom. The van der Waals surface area contributed by atoms with E-state index in [-0.39, 0.29) is 23.8 Å². The summed E-state index contributed by atoms with van der Waals surface area (Å²) >= 11 is 6.07. The third kappa shape index (κ3) is 3.17. The Labute approximate surface area is 179 Å². The first-order valence-corrected chi connectivity index (χ1v) is 9.82. The van der Waals surface area contributed by atoms with E-state index in [1.54, 1.807) is 0 Å². The highest BCUT2D eigenvalue weighted by molar-refractivity contribution is 6.30. The summed E-state index contributed by atoms with van der Waals surface area (Å²) in [6.07, 6.45) is 4.33. The highest BCUT2D eigenvalue weighted by Crippen LogP contribution is 2.40. The number of nitrogens with zero attached hydrogens (tertiary/aromatic N) is 2. The van der Waals surface area contributed by atoms with Gasteiger partial charge in [0.2, 0.25) is 6.79 Å².